The lowest BCUT2D eigenvalue weighted by Gasteiger charge is -2.36. The second-order valence-corrected chi connectivity index (χ2v) is 7.67. The molecule has 0 aliphatic carbocycles. The summed E-state index contributed by atoms with van der Waals surface area (Å²) in [5.74, 6) is -1.55. The first-order valence-electron chi connectivity index (χ1n) is 9.44. The smallest absolute Gasteiger partial charge is 0.160 e. The highest BCUT2D eigenvalue weighted by Gasteiger charge is 2.41. The Bertz CT molecular complexity index is 598. The molecule has 3 saturated heterocycles. The molecule has 1 spiro atoms. The standard InChI is InChI=1S/C19H27F2N3O/c20-17-2-1-16(11-18(17)21)24-9-3-14(4-10-24)23-15-12-19(25-13-15)5-7-22-8-6-19/h1-2,11,14-15,22-23H,3-10,12-13H2/t15-/m0/s1. The van der Waals surface area contributed by atoms with E-state index in [1.807, 2.05) is 0 Å². The Kier molecular flexibility index (Phi) is 4.93. The normalized spacial score (nSPS) is 27.1. The summed E-state index contributed by atoms with van der Waals surface area (Å²) in [6.07, 6.45) is 5.37. The molecule has 3 aliphatic rings. The number of halogens is 2. The lowest BCUT2D eigenvalue weighted by Crippen LogP contribution is -2.47. The van der Waals surface area contributed by atoms with E-state index in [1.165, 1.54) is 12.1 Å². The van der Waals surface area contributed by atoms with Gasteiger partial charge in [0, 0.05) is 36.9 Å². The zero-order chi connectivity index (χ0) is 17.3. The van der Waals surface area contributed by atoms with Crippen molar-refractivity contribution >= 4 is 5.69 Å². The summed E-state index contributed by atoms with van der Waals surface area (Å²) in [5.41, 5.74) is 0.866. The van der Waals surface area contributed by atoms with E-state index in [4.69, 9.17) is 4.74 Å². The number of rotatable bonds is 3. The summed E-state index contributed by atoms with van der Waals surface area (Å²) >= 11 is 0. The molecular formula is C19H27F2N3O. The third-order valence-electron chi connectivity index (χ3n) is 5.96. The molecule has 6 heteroatoms. The first-order chi connectivity index (χ1) is 12.1. The summed E-state index contributed by atoms with van der Waals surface area (Å²) in [6, 6.07) is 5.10. The van der Waals surface area contributed by atoms with Crippen LogP contribution in [0.2, 0.25) is 0 Å². The number of nitrogens with zero attached hydrogens (tertiary/aromatic N) is 1. The maximum absolute atomic E-state index is 13.4. The predicted molar refractivity (Wildman–Crippen MR) is 93.9 cm³/mol. The molecule has 4 nitrogen and oxygen atoms in total. The molecular weight excluding hydrogens is 324 g/mol. The van der Waals surface area contributed by atoms with Crippen LogP contribution in [0.5, 0.6) is 0 Å². The molecule has 0 unspecified atom stereocenters. The van der Waals surface area contributed by atoms with Crippen LogP contribution in [-0.2, 0) is 4.74 Å². The highest BCUT2D eigenvalue weighted by atomic mass is 19.2. The Labute approximate surface area is 147 Å². The molecule has 0 bridgehead atoms. The molecule has 2 N–H and O–H groups in total. The number of anilines is 1. The van der Waals surface area contributed by atoms with Crippen LogP contribution < -0.4 is 15.5 Å². The van der Waals surface area contributed by atoms with Crippen molar-refractivity contribution < 1.29 is 13.5 Å². The first kappa shape index (κ1) is 17.2. The highest BCUT2D eigenvalue weighted by molar-refractivity contribution is 5.47. The van der Waals surface area contributed by atoms with Crippen LogP contribution in [0.25, 0.3) is 0 Å². The topological polar surface area (TPSA) is 36.5 Å². The largest absolute Gasteiger partial charge is 0.373 e. The van der Waals surface area contributed by atoms with Gasteiger partial charge in [-0.3, -0.25) is 0 Å². The Balaban J connectivity index is 1.27. The van der Waals surface area contributed by atoms with Crippen LogP contribution >= 0.6 is 0 Å². The predicted octanol–water partition coefficient (Wildman–Crippen LogP) is 2.43. The Morgan fingerprint density at radius 1 is 1.08 bits per heavy atom. The molecule has 3 fully saturated rings. The zero-order valence-corrected chi connectivity index (χ0v) is 14.6. The van der Waals surface area contributed by atoms with E-state index >= 15 is 0 Å². The summed E-state index contributed by atoms with van der Waals surface area (Å²) in [5, 5.41) is 7.18. The summed E-state index contributed by atoms with van der Waals surface area (Å²) in [7, 11) is 0. The maximum atomic E-state index is 13.4. The van der Waals surface area contributed by atoms with Gasteiger partial charge in [-0.05, 0) is 57.3 Å². The van der Waals surface area contributed by atoms with E-state index in [1.54, 1.807) is 6.07 Å². The molecule has 0 saturated carbocycles. The number of hydrogen-bond acceptors (Lipinski definition) is 4. The third-order valence-corrected chi connectivity index (χ3v) is 5.96. The second-order valence-electron chi connectivity index (χ2n) is 7.67. The summed E-state index contributed by atoms with van der Waals surface area (Å²) < 4.78 is 32.7. The Morgan fingerprint density at radius 2 is 1.84 bits per heavy atom. The second kappa shape index (κ2) is 7.17. The van der Waals surface area contributed by atoms with Gasteiger partial charge in [-0.1, -0.05) is 0 Å². The minimum absolute atomic E-state index is 0.0925. The van der Waals surface area contributed by atoms with Gasteiger partial charge in [0.2, 0.25) is 0 Å². The van der Waals surface area contributed by atoms with E-state index in [0.29, 0.717) is 12.1 Å². The Hall–Kier alpha value is -1.24. The van der Waals surface area contributed by atoms with Crippen molar-refractivity contribution in [3.8, 4) is 0 Å². The molecule has 1 aromatic rings. The number of ether oxygens (including phenoxy) is 1. The van der Waals surface area contributed by atoms with Crippen LogP contribution in [-0.4, -0.2) is 50.5 Å². The van der Waals surface area contributed by atoms with Gasteiger partial charge in [-0.25, -0.2) is 8.78 Å². The number of hydrogen-bond donors (Lipinski definition) is 2. The van der Waals surface area contributed by atoms with Crippen LogP contribution in [0.15, 0.2) is 18.2 Å². The average molecular weight is 351 g/mol. The summed E-state index contributed by atoms with van der Waals surface area (Å²) in [4.78, 5) is 2.14. The van der Waals surface area contributed by atoms with Crippen molar-refractivity contribution in [2.75, 3.05) is 37.7 Å². The maximum Gasteiger partial charge on any atom is 0.160 e. The molecule has 25 heavy (non-hydrogen) atoms. The number of nitrogens with one attached hydrogen (secondary N) is 2. The first-order valence-corrected chi connectivity index (χ1v) is 9.44. The van der Waals surface area contributed by atoms with Crippen molar-refractivity contribution in [1.29, 1.82) is 0 Å². The minimum atomic E-state index is -0.784. The number of piperidine rings is 2. The van der Waals surface area contributed by atoms with E-state index in [9.17, 15) is 8.78 Å². The van der Waals surface area contributed by atoms with Gasteiger partial charge in [-0.15, -0.1) is 0 Å². The lowest BCUT2D eigenvalue weighted by atomic mass is 9.88. The fourth-order valence-electron chi connectivity index (χ4n) is 4.50. The van der Waals surface area contributed by atoms with Gasteiger partial charge in [-0.2, -0.15) is 0 Å². The van der Waals surface area contributed by atoms with Gasteiger partial charge in [0.25, 0.3) is 0 Å². The van der Waals surface area contributed by atoms with Crippen molar-refractivity contribution in [1.82, 2.24) is 10.6 Å². The van der Waals surface area contributed by atoms with E-state index in [2.05, 4.69) is 15.5 Å². The zero-order valence-electron chi connectivity index (χ0n) is 14.6. The fourth-order valence-corrected chi connectivity index (χ4v) is 4.50. The molecule has 1 aromatic carbocycles. The van der Waals surface area contributed by atoms with E-state index < -0.39 is 11.6 Å². The molecule has 3 heterocycles. The van der Waals surface area contributed by atoms with Gasteiger partial charge in [0.15, 0.2) is 11.6 Å². The summed E-state index contributed by atoms with van der Waals surface area (Å²) in [6.45, 7) is 4.65. The molecule has 0 aromatic heterocycles. The van der Waals surface area contributed by atoms with Crippen LogP contribution in [0.4, 0.5) is 14.5 Å². The minimum Gasteiger partial charge on any atom is -0.373 e. The van der Waals surface area contributed by atoms with Crippen molar-refractivity contribution in [3.05, 3.63) is 29.8 Å². The quantitative estimate of drug-likeness (QED) is 0.877. The van der Waals surface area contributed by atoms with Crippen LogP contribution in [0.1, 0.15) is 32.1 Å². The Morgan fingerprint density at radius 3 is 2.56 bits per heavy atom. The molecule has 4 rings (SSSR count). The SMILES string of the molecule is Fc1ccc(N2CCC(N[C@@H]3COC4(CCNCC4)C3)CC2)cc1F. The molecule has 3 aliphatic heterocycles. The van der Waals surface area contributed by atoms with Gasteiger partial charge < -0.3 is 20.3 Å². The van der Waals surface area contributed by atoms with Crippen LogP contribution in [0.3, 0.4) is 0 Å². The molecule has 138 valence electrons. The highest BCUT2D eigenvalue weighted by Crippen LogP contribution is 2.34. The molecule has 1 atom stereocenters. The molecule has 0 radical (unpaired) electrons. The van der Waals surface area contributed by atoms with Gasteiger partial charge >= 0.3 is 0 Å². The third kappa shape index (κ3) is 3.81. The number of benzene rings is 1. The van der Waals surface area contributed by atoms with Crippen molar-refractivity contribution in [2.45, 2.75) is 49.8 Å². The lowest BCUT2D eigenvalue weighted by molar-refractivity contribution is -0.0194. The van der Waals surface area contributed by atoms with Crippen LogP contribution in [0, 0.1) is 11.6 Å². The fraction of sp³-hybridized carbons (Fsp3) is 0.684. The molecule has 0 amide bonds. The van der Waals surface area contributed by atoms with Gasteiger partial charge in [0.1, 0.15) is 0 Å². The van der Waals surface area contributed by atoms with E-state index in [0.717, 1.165) is 70.6 Å². The van der Waals surface area contributed by atoms with Crippen molar-refractivity contribution in [3.63, 3.8) is 0 Å². The van der Waals surface area contributed by atoms with E-state index in [-0.39, 0.29) is 5.60 Å². The van der Waals surface area contributed by atoms with Gasteiger partial charge in [0.05, 0.1) is 12.2 Å². The van der Waals surface area contributed by atoms with Crippen molar-refractivity contribution in [2.24, 2.45) is 0 Å². The monoisotopic (exact) mass is 351 g/mol. The average Bonchev–Trinajstić information content (AvgIpc) is 3.00.